The fraction of sp³-hybridized carbons (Fsp3) is 0.571. The van der Waals surface area contributed by atoms with Crippen LogP contribution in [0.2, 0.25) is 0 Å². The van der Waals surface area contributed by atoms with Crippen LogP contribution in [0.1, 0.15) is 32.1 Å². The minimum atomic E-state index is -0.636. The fourth-order valence-corrected chi connectivity index (χ4v) is 2.76. The molecule has 1 fully saturated rings. The molecule has 0 atom stereocenters. The standard InChI is InChI=1S/C14H19FN2O3/c15-11-6-12(8-13(7-11)17(19)20)16-9-14(10-18)4-2-1-3-5-14/h6-8,16,18H,1-5,9-10H2. The predicted octanol–water partition coefficient (Wildman–Crippen LogP) is 3.09. The normalized spacial score (nSPS) is 17.7. The van der Waals surface area contributed by atoms with Gasteiger partial charge in [-0.05, 0) is 18.9 Å². The summed E-state index contributed by atoms with van der Waals surface area (Å²) in [6, 6.07) is 3.45. The molecule has 0 unspecified atom stereocenters. The summed E-state index contributed by atoms with van der Waals surface area (Å²) >= 11 is 0. The van der Waals surface area contributed by atoms with Gasteiger partial charge >= 0.3 is 0 Å². The van der Waals surface area contributed by atoms with E-state index in [1.54, 1.807) is 0 Å². The number of aliphatic hydroxyl groups excluding tert-OH is 1. The molecule has 0 aliphatic heterocycles. The van der Waals surface area contributed by atoms with Crippen LogP contribution in [-0.4, -0.2) is 23.2 Å². The lowest BCUT2D eigenvalue weighted by molar-refractivity contribution is -0.385. The number of nitro groups is 1. The number of benzene rings is 1. The van der Waals surface area contributed by atoms with Crippen LogP contribution in [-0.2, 0) is 0 Å². The highest BCUT2D eigenvalue weighted by molar-refractivity contribution is 5.51. The molecule has 0 bridgehead atoms. The van der Waals surface area contributed by atoms with E-state index in [-0.39, 0.29) is 17.7 Å². The molecule has 6 heteroatoms. The molecule has 110 valence electrons. The van der Waals surface area contributed by atoms with Gasteiger partial charge in [-0.1, -0.05) is 19.3 Å². The number of halogens is 1. The average Bonchev–Trinajstić information content (AvgIpc) is 2.45. The van der Waals surface area contributed by atoms with Crippen molar-refractivity contribution in [2.45, 2.75) is 32.1 Å². The van der Waals surface area contributed by atoms with Crippen molar-refractivity contribution in [2.75, 3.05) is 18.5 Å². The first-order chi connectivity index (χ1) is 9.54. The molecule has 1 aliphatic carbocycles. The van der Waals surface area contributed by atoms with Gasteiger partial charge in [0.2, 0.25) is 0 Å². The monoisotopic (exact) mass is 282 g/mol. The molecule has 1 aromatic rings. The Kier molecular flexibility index (Phi) is 4.54. The Bertz CT molecular complexity index is 487. The minimum Gasteiger partial charge on any atom is -0.396 e. The summed E-state index contributed by atoms with van der Waals surface area (Å²) in [6.07, 6.45) is 5.17. The second-order valence-corrected chi connectivity index (χ2v) is 5.53. The zero-order chi connectivity index (χ0) is 14.6. The third kappa shape index (κ3) is 3.45. The highest BCUT2D eigenvalue weighted by atomic mass is 19.1. The predicted molar refractivity (Wildman–Crippen MR) is 74.1 cm³/mol. The quantitative estimate of drug-likeness (QED) is 0.642. The molecule has 0 amide bonds. The number of hydrogen-bond donors (Lipinski definition) is 2. The van der Waals surface area contributed by atoms with Crippen LogP contribution in [0.15, 0.2) is 18.2 Å². The highest BCUT2D eigenvalue weighted by Crippen LogP contribution is 2.36. The average molecular weight is 282 g/mol. The second kappa shape index (κ2) is 6.17. The van der Waals surface area contributed by atoms with Crippen LogP contribution in [0.5, 0.6) is 0 Å². The third-order valence-corrected chi connectivity index (χ3v) is 4.01. The number of nitro benzene ring substituents is 1. The van der Waals surface area contributed by atoms with Gasteiger partial charge in [0.1, 0.15) is 5.82 Å². The lowest BCUT2D eigenvalue weighted by atomic mass is 9.74. The smallest absolute Gasteiger partial charge is 0.274 e. The summed E-state index contributed by atoms with van der Waals surface area (Å²) in [5, 5.41) is 23.3. The molecule has 1 saturated carbocycles. The number of aliphatic hydroxyl groups is 1. The SMILES string of the molecule is O=[N+]([O-])c1cc(F)cc(NCC2(CO)CCCCC2)c1. The van der Waals surface area contributed by atoms with Crippen molar-refractivity contribution in [3.05, 3.63) is 34.1 Å². The van der Waals surface area contributed by atoms with Gasteiger partial charge < -0.3 is 10.4 Å². The van der Waals surface area contributed by atoms with Crippen LogP contribution >= 0.6 is 0 Å². The lowest BCUT2D eigenvalue weighted by Crippen LogP contribution is -2.35. The largest absolute Gasteiger partial charge is 0.396 e. The Morgan fingerprint density at radius 3 is 2.60 bits per heavy atom. The summed E-state index contributed by atoms with van der Waals surface area (Å²) in [6.45, 7) is 0.585. The molecule has 5 nitrogen and oxygen atoms in total. The van der Waals surface area contributed by atoms with E-state index in [1.165, 1.54) is 18.6 Å². The maximum Gasteiger partial charge on any atom is 0.274 e. The van der Waals surface area contributed by atoms with E-state index in [1.807, 2.05) is 0 Å². The first-order valence-electron chi connectivity index (χ1n) is 6.84. The lowest BCUT2D eigenvalue weighted by Gasteiger charge is -2.36. The zero-order valence-corrected chi connectivity index (χ0v) is 11.3. The molecule has 2 rings (SSSR count). The number of nitrogens with one attached hydrogen (secondary N) is 1. The molecular formula is C14H19FN2O3. The minimum absolute atomic E-state index is 0.0808. The van der Waals surface area contributed by atoms with Gasteiger partial charge in [-0.25, -0.2) is 4.39 Å². The molecule has 0 radical (unpaired) electrons. The summed E-state index contributed by atoms with van der Waals surface area (Å²) in [7, 11) is 0. The van der Waals surface area contributed by atoms with Gasteiger partial charge in [0, 0.05) is 23.7 Å². The zero-order valence-electron chi connectivity index (χ0n) is 11.3. The number of anilines is 1. The van der Waals surface area contributed by atoms with Crippen LogP contribution in [0.4, 0.5) is 15.8 Å². The van der Waals surface area contributed by atoms with E-state index < -0.39 is 10.7 Å². The number of rotatable bonds is 5. The van der Waals surface area contributed by atoms with Gasteiger partial charge in [0.05, 0.1) is 17.6 Å². The van der Waals surface area contributed by atoms with Crippen molar-refractivity contribution < 1.29 is 14.4 Å². The van der Waals surface area contributed by atoms with E-state index in [0.29, 0.717) is 12.2 Å². The second-order valence-electron chi connectivity index (χ2n) is 5.53. The van der Waals surface area contributed by atoms with Gasteiger partial charge in [0.15, 0.2) is 0 Å². The van der Waals surface area contributed by atoms with Crippen LogP contribution in [0.25, 0.3) is 0 Å². The Labute approximate surface area is 117 Å². The van der Waals surface area contributed by atoms with Gasteiger partial charge in [-0.3, -0.25) is 10.1 Å². The highest BCUT2D eigenvalue weighted by Gasteiger charge is 2.31. The Hall–Kier alpha value is -1.69. The topological polar surface area (TPSA) is 75.4 Å². The number of non-ortho nitro benzene ring substituents is 1. The van der Waals surface area contributed by atoms with Gasteiger partial charge in [-0.15, -0.1) is 0 Å². The molecular weight excluding hydrogens is 263 g/mol. The Morgan fingerprint density at radius 1 is 1.30 bits per heavy atom. The molecule has 1 aliphatic rings. The molecule has 0 spiro atoms. The first kappa shape index (κ1) is 14.7. The van der Waals surface area contributed by atoms with Crippen LogP contribution in [0, 0.1) is 21.3 Å². The maximum atomic E-state index is 13.3. The van der Waals surface area contributed by atoms with Crippen molar-refractivity contribution in [3.8, 4) is 0 Å². The van der Waals surface area contributed by atoms with Gasteiger partial charge in [-0.2, -0.15) is 0 Å². The van der Waals surface area contributed by atoms with Crippen molar-refractivity contribution in [1.29, 1.82) is 0 Å². The Balaban J connectivity index is 2.07. The van der Waals surface area contributed by atoms with E-state index in [9.17, 15) is 19.6 Å². The maximum absolute atomic E-state index is 13.3. The van der Waals surface area contributed by atoms with Crippen LogP contribution < -0.4 is 5.32 Å². The summed E-state index contributed by atoms with van der Waals surface area (Å²) in [5.74, 6) is -0.636. The fourth-order valence-electron chi connectivity index (χ4n) is 2.76. The number of hydrogen-bond acceptors (Lipinski definition) is 4. The number of nitrogens with zero attached hydrogens (tertiary/aromatic N) is 1. The summed E-state index contributed by atoms with van der Waals surface area (Å²) in [4.78, 5) is 10.1. The third-order valence-electron chi connectivity index (χ3n) is 4.01. The van der Waals surface area contributed by atoms with Crippen molar-refractivity contribution in [2.24, 2.45) is 5.41 Å². The molecule has 1 aromatic carbocycles. The van der Waals surface area contributed by atoms with Crippen molar-refractivity contribution in [3.63, 3.8) is 0 Å². The van der Waals surface area contributed by atoms with Crippen molar-refractivity contribution in [1.82, 2.24) is 0 Å². The Morgan fingerprint density at radius 2 is 2.00 bits per heavy atom. The van der Waals surface area contributed by atoms with Crippen molar-refractivity contribution >= 4 is 11.4 Å². The van der Waals surface area contributed by atoms with E-state index >= 15 is 0 Å². The van der Waals surface area contributed by atoms with E-state index in [0.717, 1.165) is 31.7 Å². The van der Waals surface area contributed by atoms with Crippen LogP contribution in [0.3, 0.4) is 0 Å². The molecule has 20 heavy (non-hydrogen) atoms. The first-order valence-corrected chi connectivity index (χ1v) is 6.84. The van der Waals surface area contributed by atoms with E-state index in [4.69, 9.17) is 0 Å². The summed E-state index contributed by atoms with van der Waals surface area (Å²) in [5.41, 5.74) is -0.0800. The molecule has 0 heterocycles. The molecule has 0 aromatic heterocycles. The van der Waals surface area contributed by atoms with E-state index in [2.05, 4.69) is 5.32 Å². The summed E-state index contributed by atoms with van der Waals surface area (Å²) < 4.78 is 13.3. The van der Waals surface area contributed by atoms with Gasteiger partial charge in [0.25, 0.3) is 5.69 Å². The molecule has 0 saturated heterocycles. The molecule has 2 N–H and O–H groups in total.